The highest BCUT2D eigenvalue weighted by Gasteiger charge is 2.21. The summed E-state index contributed by atoms with van der Waals surface area (Å²) in [7, 11) is 0. The number of hydrogen-bond acceptors (Lipinski definition) is 4. The Kier molecular flexibility index (Phi) is 4.46. The van der Waals surface area contributed by atoms with Gasteiger partial charge in [-0.15, -0.1) is 0 Å². The molecule has 0 unspecified atom stereocenters. The molecule has 0 radical (unpaired) electrons. The van der Waals surface area contributed by atoms with Gasteiger partial charge in [0.05, 0.1) is 12.3 Å². The van der Waals surface area contributed by atoms with Crippen LogP contribution in [0.4, 0.5) is 0 Å². The molecule has 0 bridgehead atoms. The summed E-state index contributed by atoms with van der Waals surface area (Å²) in [5.41, 5.74) is 3.89. The average molecular weight is 313 g/mol. The summed E-state index contributed by atoms with van der Waals surface area (Å²) < 4.78 is 6.73. The van der Waals surface area contributed by atoms with Gasteiger partial charge in [0.15, 0.2) is 11.3 Å². The van der Waals surface area contributed by atoms with Gasteiger partial charge in [0, 0.05) is 17.7 Å². The van der Waals surface area contributed by atoms with Gasteiger partial charge in [-0.05, 0) is 38.3 Å². The molecule has 1 aliphatic carbocycles. The molecule has 2 aromatic rings. The Morgan fingerprint density at radius 2 is 2.09 bits per heavy atom. The highest BCUT2D eigenvalue weighted by molar-refractivity contribution is 5.88. The van der Waals surface area contributed by atoms with Crippen LogP contribution in [-0.4, -0.2) is 27.2 Å². The molecule has 5 nitrogen and oxygen atoms in total. The molecule has 3 rings (SSSR count). The monoisotopic (exact) mass is 313 g/mol. The molecule has 1 fully saturated rings. The Morgan fingerprint density at radius 3 is 2.74 bits per heavy atom. The molecule has 23 heavy (non-hydrogen) atoms. The Labute approximate surface area is 136 Å². The number of allylic oxidation sites excluding steroid dienone is 1. The van der Waals surface area contributed by atoms with Crippen molar-refractivity contribution < 1.29 is 9.53 Å². The molecule has 2 aromatic heterocycles. The van der Waals surface area contributed by atoms with Crippen molar-refractivity contribution in [3.8, 4) is 0 Å². The zero-order chi connectivity index (χ0) is 16.4. The minimum Gasteiger partial charge on any atom is -0.461 e. The number of nitrogens with zero attached hydrogens (tertiary/aromatic N) is 3. The lowest BCUT2D eigenvalue weighted by Gasteiger charge is -2.21. The third-order valence-electron chi connectivity index (χ3n) is 4.39. The van der Waals surface area contributed by atoms with Crippen LogP contribution in [0.3, 0.4) is 0 Å². The fourth-order valence-corrected chi connectivity index (χ4v) is 3.21. The van der Waals surface area contributed by atoms with Gasteiger partial charge in [-0.2, -0.15) is 5.10 Å². The second-order valence-corrected chi connectivity index (χ2v) is 6.20. The first-order valence-corrected chi connectivity index (χ1v) is 8.34. The highest BCUT2D eigenvalue weighted by atomic mass is 16.5. The number of fused-ring (bicyclic) bond motifs is 1. The van der Waals surface area contributed by atoms with Gasteiger partial charge in [-0.1, -0.05) is 25.8 Å². The second kappa shape index (κ2) is 6.52. The van der Waals surface area contributed by atoms with Gasteiger partial charge in [0.1, 0.15) is 0 Å². The van der Waals surface area contributed by atoms with Crippen LogP contribution in [0.15, 0.2) is 18.7 Å². The van der Waals surface area contributed by atoms with E-state index in [-0.39, 0.29) is 0 Å². The first-order chi connectivity index (χ1) is 11.1. The summed E-state index contributed by atoms with van der Waals surface area (Å²) in [5, 5.41) is 4.36. The molecule has 122 valence electrons. The number of ether oxygens (including phenoxy) is 1. The Morgan fingerprint density at radius 1 is 1.35 bits per heavy atom. The lowest BCUT2D eigenvalue weighted by atomic mass is 9.86. The van der Waals surface area contributed by atoms with Crippen molar-refractivity contribution in [3.63, 3.8) is 0 Å². The summed E-state index contributed by atoms with van der Waals surface area (Å²) in [6.07, 6.45) is 6.18. The fourth-order valence-electron chi connectivity index (χ4n) is 3.21. The fraction of sp³-hybridized carbons (Fsp3) is 0.500. The lowest BCUT2D eigenvalue weighted by Crippen LogP contribution is -2.10. The van der Waals surface area contributed by atoms with Crippen LogP contribution in [0, 0.1) is 0 Å². The molecule has 0 N–H and O–H groups in total. The number of rotatable bonds is 4. The van der Waals surface area contributed by atoms with E-state index in [1.54, 1.807) is 17.5 Å². The summed E-state index contributed by atoms with van der Waals surface area (Å²) in [6, 6.07) is 3.78. The second-order valence-electron chi connectivity index (χ2n) is 6.20. The molecule has 5 heteroatoms. The topological polar surface area (TPSA) is 56.5 Å². The molecule has 1 saturated carbocycles. The van der Waals surface area contributed by atoms with E-state index in [1.165, 1.54) is 32.1 Å². The summed E-state index contributed by atoms with van der Waals surface area (Å²) in [6.45, 7) is 8.12. The third-order valence-corrected chi connectivity index (χ3v) is 4.39. The van der Waals surface area contributed by atoms with Crippen LogP contribution >= 0.6 is 0 Å². The molecular formula is C18H23N3O2. The largest absolute Gasteiger partial charge is 0.461 e. The number of carbonyl (C=O) groups excluding carboxylic acids is 1. The summed E-state index contributed by atoms with van der Waals surface area (Å²) in [5.74, 6) is 0.0812. The first kappa shape index (κ1) is 15.7. The van der Waals surface area contributed by atoms with Crippen LogP contribution in [0.2, 0.25) is 0 Å². The number of aromatic nitrogens is 3. The molecule has 2 heterocycles. The normalized spacial score (nSPS) is 15.7. The molecule has 0 spiro atoms. The summed E-state index contributed by atoms with van der Waals surface area (Å²) >= 11 is 0. The van der Waals surface area contributed by atoms with Gasteiger partial charge in [0.25, 0.3) is 0 Å². The maximum atomic E-state index is 11.9. The standard InChI is InChI=1S/C18H23N3O2/c1-4-23-18(22)15-11-17-19-14(13-8-6-5-7-9-13)10-16(12(2)3)21(17)20-15/h10-11,13H,2,4-9H2,1,3H3. The van der Waals surface area contributed by atoms with Gasteiger partial charge in [0.2, 0.25) is 0 Å². The van der Waals surface area contributed by atoms with Crippen molar-refractivity contribution in [1.82, 2.24) is 14.6 Å². The van der Waals surface area contributed by atoms with Crippen LogP contribution in [-0.2, 0) is 4.74 Å². The van der Waals surface area contributed by atoms with E-state index in [1.807, 2.05) is 6.92 Å². The number of esters is 1. The number of carbonyl (C=O) groups is 1. The molecular weight excluding hydrogens is 290 g/mol. The van der Waals surface area contributed by atoms with Crippen molar-refractivity contribution in [2.75, 3.05) is 6.61 Å². The summed E-state index contributed by atoms with van der Waals surface area (Å²) in [4.78, 5) is 16.7. The smallest absolute Gasteiger partial charge is 0.358 e. The van der Waals surface area contributed by atoms with Crippen molar-refractivity contribution in [2.24, 2.45) is 0 Å². The van der Waals surface area contributed by atoms with Crippen LogP contribution in [0.25, 0.3) is 11.2 Å². The van der Waals surface area contributed by atoms with Crippen LogP contribution in [0.1, 0.15) is 73.7 Å². The van der Waals surface area contributed by atoms with Crippen molar-refractivity contribution in [3.05, 3.63) is 35.8 Å². The van der Waals surface area contributed by atoms with Gasteiger partial charge < -0.3 is 4.74 Å². The molecule has 0 atom stereocenters. The van der Waals surface area contributed by atoms with E-state index in [9.17, 15) is 4.79 Å². The maximum absolute atomic E-state index is 11.9. The molecule has 0 saturated heterocycles. The van der Waals surface area contributed by atoms with Gasteiger partial charge in [-0.3, -0.25) is 0 Å². The Bertz CT molecular complexity index is 742. The molecule has 0 amide bonds. The molecule has 0 aromatic carbocycles. The van der Waals surface area contributed by atoms with Gasteiger partial charge in [-0.25, -0.2) is 14.3 Å². The first-order valence-electron chi connectivity index (χ1n) is 8.34. The van der Waals surface area contributed by atoms with E-state index in [4.69, 9.17) is 9.72 Å². The van der Waals surface area contributed by atoms with Crippen molar-refractivity contribution in [2.45, 2.75) is 51.9 Å². The highest BCUT2D eigenvalue weighted by Crippen LogP contribution is 2.33. The molecule has 1 aliphatic rings. The Balaban J connectivity index is 2.07. The van der Waals surface area contributed by atoms with Crippen molar-refractivity contribution >= 4 is 17.2 Å². The predicted molar refractivity (Wildman–Crippen MR) is 89.5 cm³/mol. The zero-order valence-electron chi connectivity index (χ0n) is 13.8. The average Bonchev–Trinajstić information content (AvgIpc) is 2.99. The van der Waals surface area contributed by atoms with Crippen LogP contribution < -0.4 is 0 Å². The zero-order valence-corrected chi connectivity index (χ0v) is 13.8. The Hall–Kier alpha value is -2.17. The predicted octanol–water partition coefficient (Wildman–Crippen LogP) is 3.99. The van der Waals surface area contributed by atoms with E-state index < -0.39 is 5.97 Å². The van der Waals surface area contributed by atoms with E-state index in [0.717, 1.165) is 17.0 Å². The minimum atomic E-state index is -0.412. The van der Waals surface area contributed by atoms with Gasteiger partial charge >= 0.3 is 5.97 Å². The lowest BCUT2D eigenvalue weighted by molar-refractivity contribution is 0.0519. The van der Waals surface area contributed by atoms with E-state index >= 15 is 0 Å². The maximum Gasteiger partial charge on any atom is 0.358 e. The number of hydrogen-bond donors (Lipinski definition) is 0. The quantitative estimate of drug-likeness (QED) is 0.801. The van der Waals surface area contributed by atoms with E-state index in [2.05, 4.69) is 17.7 Å². The SMILES string of the molecule is C=C(C)c1cc(C2CCCCC2)nc2cc(C(=O)OCC)nn12. The minimum absolute atomic E-state index is 0.294. The van der Waals surface area contributed by atoms with Crippen molar-refractivity contribution in [1.29, 1.82) is 0 Å². The third kappa shape index (κ3) is 3.14. The molecule has 0 aliphatic heterocycles. The van der Waals surface area contributed by atoms with E-state index in [0.29, 0.717) is 23.9 Å². The van der Waals surface area contributed by atoms with Crippen LogP contribution in [0.5, 0.6) is 0 Å².